The Morgan fingerprint density at radius 2 is 1.94 bits per heavy atom. The minimum Gasteiger partial charge on any atom is -0.339 e. The molecular weight excluding hydrogens is 448 g/mol. The Morgan fingerprint density at radius 1 is 1.16 bits per heavy atom. The Morgan fingerprint density at radius 3 is 2.69 bits per heavy atom. The fourth-order valence-corrected chi connectivity index (χ4v) is 4.99. The lowest BCUT2D eigenvalue weighted by Gasteiger charge is -2.10. The van der Waals surface area contributed by atoms with Crippen molar-refractivity contribution in [3.63, 3.8) is 0 Å². The highest BCUT2D eigenvalue weighted by atomic mass is 35.5. The summed E-state index contributed by atoms with van der Waals surface area (Å²) in [6.45, 7) is 5.72. The van der Waals surface area contributed by atoms with Gasteiger partial charge in [-0.2, -0.15) is 15.1 Å². The maximum atomic E-state index is 13.4. The lowest BCUT2D eigenvalue weighted by molar-refractivity contribution is 0.588. The largest absolute Gasteiger partial charge is 0.339 e. The molecule has 0 unspecified atom stereocenters. The van der Waals surface area contributed by atoms with E-state index >= 15 is 0 Å². The molecule has 160 valence electrons. The molecule has 0 saturated heterocycles. The van der Waals surface area contributed by atoms with E-state index < -0.39 is 10.0 Å². The van der Waals surface area contributed by atoms with E-state index in [0.29, 0.717) is 16.8 Å². The number of fused-ring (bicyclic) bond motifs is 2. The summed E-state index contributed by atoms with van der Waals surface area (Å²) in [4.78, 5) is 8.69. The Balaban J connectivity index is 1.69. The smallest absolute Gasteiger partial charge is 0.269 e. The Hall–Kier alpha value is -3.69. The summed E-state index contributed by atoms with van der Waals surface area (Å²) in [5, 5.41) is 11.5. The van der Waals surface area contributed by atoms with Crippen molar-refractivity contribution < 1.29 is 8.42 Å². The lowest BCUT2D eigenvalue weighted by atomic mass is 10.2. The fourth-order valence-electron chi connectivity index (χ4n) is 3.50. The van der Waals surface area contributed by atoms with Gasteiger partial charge in [0.1, 0.15) is 5.82 Å². The molecular formula is C22H17ClN6O2S. The standard InChI is InChI=1S/C22H17ClN6O2S/c1-3-14-12-29(32(30,31)17-8-4-13(2)5-9-17)21-19(14)20(26-22(23)27-21)25-16-7-6-15-11-24-28-18(15)10-16/h3-12H,1H2,2H3,(H,24,28)(H,25,26,27). The number of halogens is 1. The highest BCUT2D eigenvalue weighted by molar-refractivity contribution is 7.90. The van der Waals surface area contributed by atoms with Gasteiger partial charge in [-0.25, -0.2) is 12.4 Å². The van der Waals surface area contributed by atoms with Crippen molar-refractivity contribution in [2.45, 2.75) is 11.8 Å². The van der Waals surface area contributed by atoms with Gasteiger partial charge in [-0.1, -0.05) is 30.4 Å². The topological polar surface area (TPSA) is 106 Å². The number of nitrogens with zero attached hydrogens (tertiary/aromatic N) is 4. The Bertz CT molecular complexity index is 1600. The molecule has 5 aromatic rings. The zero-order valence-corrected chi connectivity index (χ0v) is 18.4. The minimum atomic E-state index is -3.92. The molecule has 0 aliphatic heterocycles. The third kappa shape index (κ3) is 3.31. The van der Waals surface area contributed by atoms with Gasteiger partial charge in [-0.3, -0.25) is 5.10 Å². The first-order chi connectivity index (χ1) is 15.4. The first-order valence-corrected chi connectivity index (χ1v) is 11.4. The number of hydrogen-bond acceptors (Lipinski definition) is 6. The molecule has 10 heteroatoms. The summed E-state index contributed by atoms with van der Waals surface area (Å²) in [7, 11) is -3.92. The third-order valence-electron chi connectivity index (χ3n) is 5.12. The maximum absolute atomic E-state index is 13.4. The predicted molar refractivity (Wildman–Crippen MR) is 126 cm³/mol. The lowest BCUT2D eigenvalue weighted by Crippen LogP contribution is -2.13. The van der Waals surface area contributed by atoms with Crippen molar-refractivity contribution in [3.05, 3.63) is 77.8 Å². The van der Waals surface area contributed by atoms with Gasteiger partial charge in [-0.15, -0.1) is 0 Å². The van der Waals surface area contributed by atoms with Gasteiger partial charge < -0.3 is 5.32 Å². The zero-order chi connectivity index (χ0) is 22.5. The van der Waals surface area contributed by atoms with E-state index in [1.165, 1.54) is 6.20 Å². The minimum absolute atomic E-state index is 0.0864. The molecule has 0 aliphatic carbocycles. The van der Waals surface area contributed by atoms with Crippen molar-refractivity contribution in [3.8, 4) is 0 Å². The van der Waals surface area contributed by atoms with Crippen LogP contribution in [0.4, 0.5) is 11.5 Å². The van der Waals surface area contributed by atoms with Crippen molar-refractivity contribution in [2.24, 2.45) is 0 Å². The van der Waals surface area contributed by atoms with Gasteiger partial charge in [-0.05, 0) is 48.9 Å². The number of hydrogen-bond donors (Lipinski definition) is 2. The Labute approximate surface area is 188 Å². The molecule has 32 heavy (non-hydrogen) atoms. The normalized spacial score (nSPS) is 11.8. The van der Waals surface area contributed by atoms with Crippen LogP contribution in [0.5, 0.6) is 0 Å². The molecule has 0 aliphatic rings. The van der Waals surface area contributed by atoms with Crippen LogP contribution in [0, 0.1) is 6.92 Å². The van der Waals surface area contributed by atoms with E-state index in [4.69, 9.17) is 11.6 Å². The molecule has 0 amide bonds. The van der Waals surface area contributed by atoms with Crippen LogP contribution < -0.4 is 5.32 Å². The van der Waals surface area contributed by atoms with Crippen LogP contribution in [0.2, 0.25) is 5.28 Å². The summed E-state index contributed by atoms with van der Waals surface area (Å²) in [6, 6.07) is 12.3. The van der Waals surface area contributed by atoms with Gasteiger partial charge in [0.25, 0.3) is 10.0 Å². The summed E-state index contributed by atoms with van der Waals surface area (Å²) >= 11 is 6.20. The van der Waals surface area contributed by atoms with Crippen LogP contribution in [0.3, 0.4) is 0 Å². The number of nitrogens with one attached hydrogen (secondary N) is 2. The van der Waals surface area contributed by atoms with Crippen LogP contribution in [-0.4, -0.2) is 32.6 Å². The Kier molecular flexibility index (Phi) is 4.72. The molecule has 0 fully saturated rings. The van der Waals surface area contributed by atoms with Gasteiger partial charge in [0.2, 0.25) is 5.28 Å². The number of aromatic amines is 1. The molecule has 0 bridgehead atoms. The molecule has 2 N–H and O–H groups in total. The second kappa shape index (κ2) is 7.47. The van der Waals surface area contributed by atoms with Crippen LogP contribution in [-0.2, 0) is 10.0 Å². The summed E-state index contributed by atoms with van der Waals surface area (Å²) in [5.74, 6) is 0.367. The highest BCUT2D eigenvalue weighted by Crippen LogP contribution is 2.33. The molecule has 5 rings (SSSR count). The number of benzene rings is 2. The molecule has 0 spiro atoms. The average Bonchev–Trinajstić information content (AvgIpc) is 3.38. The van der Waals surface area contributed by atoms with Gasteiger partial charge >= 0.3 is 0 Å². The molecule has 8 nitrogen and oxygen atoms in total. The van der Waals surface area contributed by atoms with Gasteiger partial charge in [0.15, 0.2) is 5.65 Å². The predicted octanol–water partition coefficient (Wildman–Crippen LogP) is 4.89. The second-order valence-corrected chi connectivity index (χ2v) is 9.39. The van der Waals surface area contributed by atoms with E-state index in [-0.39, 0.29) is 15.8 Å². The SMILES string of the molecule is C=Cc1cn(S(=O)(=O)c2ccc(C)cc2)c2nc(Cl)nc(Nc3ccc4cn[nH]c4c3)c12. The zero-order valence-electron chi connectivity index (χ0n) is 16.9. The molecule has 2 aromatic carbocycles. The number of H-pyrrole nitrogens is 1. The van der Waals surface area contributed by atoms with Crippen LogP contribution in [0.1, 0.15) is 11.1 Å². The molecule has 0 atom stereocenters. The molecule has 0 radical (unpaired) electrons. The van der Waals surface area contributed by atoms with E-state index in [1.54, 1.807) is 36.5 Å². The fraction of sp³-hybridized carbons (Fsp3) is 0.0455. The summed E-state index contributed by atoms with van der Waals surface area (Å²) in [6.07, 6.45) is 4.76. The van der Waals surface area contributed by atoms with E-state index in [1.807, 2.05) is 25.1 Å². The van der Waals surface area contributed by atoms with Crippen LogP contribution in [0.25, 0.3) is 28.0 Å². The number of rotatable bonds is 5. The van der Waals surface area contributed by atoms with Crippen molar-refractivity contribution in [1.29, 1.82) is 0 Å². The first-order valence-electron chi connectivity index (χ1n) is 9.60. The number of aromatic nitrogens is 5. The second-order valence-electron chi connectivity index (χ2n) is 7.24. The van der Waals surface area contributed by atoms with Crippen LogP contribution >= 0.6 is 11.6 Å². The van der Waals surface area contributed by atoms with Gasteiger partial charge in [0, 0.05) is 22.8 Å². The van der Waals surface area contributed by atoms with Gasteiger partial charge in [0.05, 0.1) is 22.0 Å². The number of anilines is 2. The highest BCUT2D eigenvalue weighted by Gasteiger charge is 2.24. The van der Waals surface area contributed by atoms with E-state index in [9.17, 15) is 8.42 Å². The quantitative estimate of drug-likeness (QED) is 0.358. The average molecular weight is 465 g/mol. The molecule has 0 saturated carbocycles. The molecule has 3 heterocycles. The van der Waals surface area contributed by atoms with E-state index in [2.05, 4.69) is 32.1 Å². The number of aryl methyl sites for hydroxylation is 1. The van der Waals surface area contributed by atoms with Crippen molar-refractivity contribution in [1.82, 2.24) is 24.1 Å². The first kappa shape index (κ1) is 20.2. The maximum Gasteiger partial charge on any atom is 0.269 e. The summed E-state index contributed by atoms with van der Waals surface area (Å²) in [5.41, 5.74) is 3.24. The monoisotopic (exact) mass is 464 g/mol. The molecule has 3 aromatic heterocycles. The summed E-state index contributed by atoms with van der Waals surface area (Å²) < 4.78 is 27.9. The van der Waals surface area contributed by atoms with Crippen molar-refractivity contribution >= 4 is 61.1 Å². The van der Waals surface area contributed by atoms with Crippen LogP contribution in [0.15, 0.2) is 66.3 Å². The third-order valence-corrected chi connectivity index (χ3v) is 6.95. The van der Waals surface area contributed by atoms with E-state index in [0.717, 1.165) is 26.1 Å². The van der Waals surface area contributed by atoms with Crippen molar-refractivity contribution in [2.75, 3.05) is 5.32 Å².